The molecule has 8 heteroatoms. The molecule has 0 saturated heterocycles. The van der Waals surface area contributed by atoms with Crippen LogP contribution in [0.4, 0.5) is 0 Å². The minimum atomic E-state index is 0. The van der Waals surface area contributed by atoms with Crippen molar-refractivity contribution in [3.8, 4) is 22.2 Å². The third-order valence-corrected chi connectivity index (χ3v) is 4.71. The van der Waals surface area contributed by atoms with Gasteiger partial charge in [-0.15, -0.1) is 17.0 Å². The quantitative estimate of drug-likeness (QED) is 0.481. The molecule has 0 spiro atoms. The molecule has 0 N–H and O–H groups in total. The first-order valence-corrected chi connectivity index (χ1v) is 8.34. The van der Waals surface area contributed by atoms with Gasteiger partial charge in [0.1, 0.15) is 11.4 Å². The van der Waals surface area contributed by atoms with Crippen molar-refractivity contribution in [1.82, 2.24) is 25.0 Å². The van der Waals surface area contributed by atoms with Crippen molar-refractivity contribution in [1.29, 1.82) is 0 Å². The summed E-state index contributed by atoms with van der Waals surface area (Å²) in [6.45, 7) is 4.06. The van der Waals surface area contributed by atoms with Gasteiger partial charge in [0.2, 0.25) is 0 Å². The molecular formula is C17H16BrN6S+. The second-order valence-corrected chi connectivity index (χ2v) is 6.49. The average Bonchev–Trinajstić information content (AvgIpc) is 3.21. The van der Waals surface area contributed by atoms with E-state index in [9.17, 15) is 0 Å². The summed E-state index contributed by atoms with van der Waals surface area (Å²) in [4.78, 5) is 13.4. The van der Waals surface area contributed by atoms with E-state index >= 15 is 0 Å². The number of nitrogens with zero attached hydrogens (tertiary/aromatic N) is 6. The second kappa shape index (κ2) is 7.20. The Morgan fingerprint density at radius 1 is 1.00 bits per heavy atom. The van der Waals surface area contributed by atoms with Crippen molar-refractivity contribution < 1.29 is 4.80 Å². The zero-order chi connectivity index (χ0) is 16.5. The van der Waals surface area contributed by atoms with Gasteiger partial charge in [-0.1, -0.05) is 34.5 Å². The Hall–Kier alpha value is -2.45. The highest BCUT2D eigenvalue weighted by Gasteiger charge is 2.24. The predicted molar refractivity (Wildman–Crippen MR) is 102 cm³/mol. The maximum Gasteiger partial charge on any atom is 0.364 e. The normalized spacial score (nSPS) is 10.5. The molecule has 25 heavy (non-hydrogen) atoms. The summed E-state index contributed by atoms with van der Waals surface area (Å²) in [5, 5.41) is 10.1. The molecule has 0 aliphatic rings. The third-order valence-electron chi connectivity index (χ3n) is 3.67. The fraction of sp³-hybridized carbons (Fsp3) is 0.118. The van der Waals surface area contributed by atoms with E-state index < -0.39 is 0 Å². The molecule has 0 atom stereocenters. The molecule has 0 saturated carbocycles. The van der Waals surface area contributed by atoms with E-state index in [4.69, 9.17) is 0 Å². The summed E-state index contributed by atoms with van der Waals surface area (Å²) < 4.78 is 0. The number of thiazole rings is 1. The van der Waals surface area contributed by atoms with E-state index in [2.05, 4.69) is 27.1 Å². The molecule has 0 fully saturated rings. The van der Waals surface area contributed by atoms with E-state index in [1.54, 1.807) is 33.3 Å². The molecule has 0 radical (unpaired) electrons. The van der Waals surface area contributed by atoms with Crippen molar-refractivity contribution >= 4 is 28.3 Å². The van der Waals surface area contributed by atoms with Gasteiger partial charge in [0, 0.05) is 27.9 Å². The van der Waals surface area contributed by atoms with Gasteiger partial charge >= 0.3 is 5.13 Å². The third kappa shape index (κ3) is 3.35. The SMILES string of the molecule is Br.Cc1nc(-[n+]2nc(-c3ccncc3)nn2-c2ccccc2)sc1C. The maximum atomic E-state index is 4.67. The van der Waals surface area contributed by atoms with Crippen molar-refractivity contribution in [3.05, 3.63) is 65.4 Å². The number of hydrogen-bond donors (Lipinski definition) is 0. The predicted octanol–water partition coefficient (Wildman–Crippen LogP) is 3.26. The van der Waals surface area contributed by atoms with E-state index in [0.717, 1.165) is 22.1 Å². The van der Waals surface area contributed by atoms with Gasteiger partial charge < -0.3 is 0 Å². The van der Waals surface area contributed by atoms with E-state index in [1.165, 1.54) is 4.88 Å². The van der Waals surface area contributed by atoms with Gasteiger partial charge in [0.05, 0.1) is 0 Å². The van der Waals surface area contributed by atoms with Crippen LogP contribution in [0.5, 0.6) is 0 Å². The Morgan fingerprint density at radius 3 is 2.36 bits per heavy atom. The van der Waals surface area contributed by atoms with Crippen LogP contribution < -0.4 is 4.80 Å². The Balaban J connectivity index is 0.00000182. The van der Waals surface area contributed by atoms with E-state index in [0.29, 0.717) is 5.82 Å². The topological polar surface area (TPSA) is 60.4 Å². The van der Waals surface area contributed by atoms with Gasteiger partial charge in [0.15, 0.2) is 0 Å². The maximum absolute atomic E-state index is 4.67. The molecule has 0 aliphatic carbocycles. The Bertz CT molecular complexity index is 962. The lowest BCUT2D eigenvalue weighted by Gasteiger charge is -1.97. The van der Waals surface area contributed by atoms with E-state index in [-0.39, 0.29) is 17.0 Å². The molecular weight excluding hydrogens is 400 g/mol. The molecule has 4 aromatic rings. The number of rotatable bonds is 3. The first-order valence-electron chi connectivity index (χ1n) is 7.52. The van der Waals surface area contributed by atoms with Crippen LogP contribution in [-0.4, -0.2) is 25.0 Å². The number of aryl methyl sites for hydroxylation is 2. The minimum Gasteiger partial charge on any atom is -0.265 e. The average molecular weight is 416 g/mol. The first kappa shape index (κ1) is 17.4. The molecule has 0 bridgehead atoms. The molecule has 0 aliphatic heterocycles. The van der Waals surface area contributed by atoms with Crippen molar-refractivity contribution in [2.45, 2.75) is 13.8 Å². The Kier molecular flexibility index (Phi) is 5.00. The van der Waals surface area contributed by atoms with Crippen LogP contribution >= 0.6 is 28.3 Å². The number of tetrazole rings is 1. The smallest absolute Gasteiger partial charge is 0.265 e. The summed E-state index contributed by atoms with van der Waals surface area (Å²) in [6.07, 6.45) is 3.47. The lowest BCUT2D eigenvalue weighted by molar-refractivity contribution is -0.734. The lowest BCUT2D eigenvalue weighted by Crippen LogP contribution is -2.43. The molecule has 3 heterocycles. The monoisotopic (exact) mass is 415 g/mol. The molecule has 0 amide bonds. The van der Waals surface area contributed by atoms with Crippen LogP contribution in [0, 0.1) is 13.8 Å². The van der Waals surface area contributed by atoms with Gasteiger partial charge in [-0.2, -0.15) is 0 Å². The highest BCUT2D eigenvalue weighted by molar-refractivity contribution is 8.93. The van der Waals surface area contributed by atoms with Crippen molar-refractivity contribution in [3.63, 3.8) is 0 Å². The second-order valence-electron chi connectivity index (χ2n) is 5.31. The zero-order valence-corrected chi connectivity index (χ0v) is 16.2. The Labute approximate surface area is 159 Å². The molecule has 4 rings (SSSR count). The van der Waals surface area contributed by atoms with Gasteiger partial charge in [-0.05, 0) is 52.8 Å². The Morgan fingerprint density at radius 2 is 1.72 bits per heavy atom. The highest BCUT2D eigenvalue weighted by Crippen LogP contribution is 2.18. The summed E-state index contributed by atoms with van der Waals surface area (Å²) in [5.41, 5.74) is 2.85. The van der Waals surface area contributed by atoms with Crippen molar-refractivity contribution in [2.24, 2.45) is 0 Å². The summed E-state index contributed by atoms with van der Waals surface area (Å²) in [7, 11) is 0. The summed E-state index contributed by atoms with van der Waals surface area (Å²) in [6, 6.07) is 13.7. The standard InChI is InChI=1S/C17H15N6S.BrH/c1-12-13(2)24-17(19-12)23-21-16(14-8-10-18-11-9-14)20-22(23)15-6-4-3-5-7-15;/h3-11H,1-2H3;1H/q+1;. The fourth-order valence-corrected chi connectivity index (χ4v) is 3.14. The molecule has 1 aromatic carbocycles. The minimum absolute atomic E-state index is 0. The lowest BCUT2D eigenvalue weighted by atomic mass is 10.3. The fourth-order valence-electron chi connectivity index (χ4n) is 2.29. The van der Waals surface area contributed by atoms with Gasteiger partial charge in [-0.25, -0.2) is 0 Å². The van der Waals surface area contributed by atoms with Gasteiger partial charge in [-0.3, -0.25) is 4.98 Å². The number of aromatic nitrogens is 6. The number of halogens is 1. The summed E-state index contributed by atoms with van der Waals surface area (Å²) >= 11 is 1.60. The molecule has 6 nitrogen and oxygen atoms in total. The zero-order valence-electron chi connectivity index (χ0n) is 13.7. The number of hydrogen-bond acceptors (Lipinski definition) is 5. The molecule has 3 aromatic heterocycles. The molecule has 126 valence electrons. The van der Waals surface area contributed by atoms with Crippen LogP contribution in [0.1, 0.15) is 10.6 Å². The summed E-state index contributed by atoms with van der Waals surface area (Å²) in [5.74, 6) is 0.631. The van der Waals surface area contributed by atoms with Gasteiger partial charge in [0.25, 0.3) is 5.82 Å². The number of pyridine rings is 1. The number of para-hydroxylation sites is 1. The number of benzene rings is 1. The van der Waals surface area contributed by atoms with Crippen LogP contribution in [0.15, 0.2) is 54.9 Å². The van der Waals surface area contributed by atoms with Crippen LogP contribution in [0.25, 0.3) is 22.2 Å². The van der Waals surface area contributed by atoms with Crippen molar-refractivity contribution in [2.75, 3.05) is 0 Å². The first-order chi connectivity index (χ1) is 11.7. The van der Waals surface area contributed by atoms with Crippen LogP contribution in [0.3, 0.4) is 0 Å². The molecule has 0 unspecified atom stereocenters. The highest BCUT2D eigenvalue weighted by atomic mass is 79.9. The van der Waals surface area contributed by atoms with Crippen LogP contribution in [-0.2, 0) is 0 Å². The largest absolute Gasteiger partial charge is 0.364 e. The van der Waals surface area contributed by atoms with E-state index in [1.807, 2.05) is 49.4 Å². The van der Waals surface area contributed by atoms with Crippen LogP contribution in [0.2, 0.25) is 0 Å².